The third kappa shape index (κ3) is 4.35. The number of nitrogens with one attached hydrogen (secondary N) is 1. The predicted octanol–water partition coefficient (Wildman–Crippen LogP) is 4.97. The number of benzene rings is 2. The number of hydrogen-bond acceptors (Lipinski definition) is 3. The summed E-state index contributed by atoms with van der Waals surface area (Å²) >= 11 is 0. The Bertz CT molecular complexity index is 1210. The van der Waals surface area contributed by atoms with Crippen LogP contribution in [0, 0.1) is 6.92 Å². The Labute approximate surface area is 169 Å². The predicted molar refractivity (Wildman–Crippen MR) is 116 cm³/mol. The van der Waals surface area contributed by atoms with E-state index in [1.807, 2.05) is 84.4 Å². The average molecular weight is 383 g/mol. The van der Waals surface area contributed by atoms with Crippen molar-refractivity contribution in [3.05, 3.63) is 90.3 Å². The molecule has 0 spiro atoms. The van der Waals surface area contributed by atoms with E-state index in [2.05, 4.69) is 10.3 Å². The van der Waals surface area contributed by atoms with Gasteiger partial charge in [-0.25, -0.2) is 4.98 Å². The lowest BCUT2D eigenvalue weighted by molar-refractivity contribution is -0.111. The van der Waals surface area contributed by atoms with Crippen molar-refractivity contribution in [3.63, 3.8) is 0 Å². The number of imidazole rings is 1. The van der Waals surface area contributed by atoms with E-state index in [1.54, 1.807) is 13.2 Å². The van der Waals surface area contributed by atoms with Gasteiger partial charge in [-0.05, 0) is 54.5 Å². The topological polar surface area (TPSA) is 55.6 Å². The Balaban J connectivity index is 1.50. The molecule has 0 aliphatic carbocycles. The van der Waals surface area contributed by atoms with E-state index >= 15 is 0 Å². The number of pyridine rings is 1. The van der Waals surface area contributed by atoms with E-state index in [0.29, 0.717) is 0 Å². The number of hydrogen-bond donors (Lipinski definition) is 1. The molecular weight excluding hydrogens is 362 g/mol. The quantitative estimate of drug-likeness (QED) is 0.495. The second kappa shape index (κ2) is 8.02. The van der Waals surface area contributed by atoms with E-state index in [4.69, 9.17) is 4.74 Å². The second-order valence-corrected chi connectivity index (χ2v) is 6.78. The monoisotopic (exact) mass is 383 g/mol. The van der Waals surface area contributed by atoms with Gasteiger partial charge in [-0.2, -0.15) is 0 Å². The summed E-state index contributed by atoms with van der Waals surface area (Å²) in [4.78, 5) is 17.0. The van der Waals surface area contributed by atoms with E-state index in [1.165, 1.54) is 11.6 Å². The van der Waals surface area contributed by atoms with Crippen LogP contribution in [0.2, 0.25) is 0 Å². The van der Waals surface area contributed by atoms with Crippen LogP contribution in [-0.4, -0.2) is 22.4 Å². The van der Waals surface area contributed by atoms with Crippen LogP contribution in [0.5, 0.6) is 5.75 Å². The molecule has 0 aliphatic heterocycles. The van der Waals surface area contributed by atoms with Gasteiger partial charge in [-0.1, -0.05) is 30.3 Å². The summed E-state index contributed by atoms with van der Waals surface area (Å²) in [5.41, 5.74) is 5.48. The molecular formula is C24H21N3O2. The van der Waals surface area contributed by atoms with Crippen LogP contribution >= 0.6 is 0 Å². The molecule has 2 aromatic heterocycles. The largest absolute Gasteiger partial charge is 0.497 e. The zero-order chi connectivity index (χ0) is 20.2. The number of anilines is 1. The van der Waals surface area contributed by atoms with E-state index in [0.717, 1.165) is 33.9 Å². The summed E-state index contributed by atoms with van der Waals surface area (Å²) in [6.45, 7) is 2.05. The summed E-state index contributed by atoms with van der Waals surface area (Å²) in [6, 6.07) is 19.2. The van der Waals surface area contributed by atoms with Crippen LogP contribution in [0.1, 0.15) is 11.1 Å². The Morgan fingerprint density at radius 2 is 1.93 bits per heavy atom. The highest BCUT2D eigenvalue weighted by Crippen LogP contribution is 2.23. The van der Waals surface area contributed by atoms with Gasteiger partial charge in [0.25, 0.3) is 0 Å². The molecule has 1 amide bonds. The molecule has 0 radical (unpaired) electrons. The molecule has 0 unspecified atom stereocenters. The summed E-state index contributed by atoms with van der Waals surface area (Å²) in [6.07, 6.45) is 7.30. The molecule has 5 nitrogen and oxygen atoms in total. The maximum absolute atomic E-state index is 12.3. The smallest absolute Gasteiger partial charge is 0.248 e. The van der Waals surface area contributed by atoms with E-state index < -0.39 is 0 Å². The molecule has 4 rings (SSSR count). The minimum Gasteiger partial charge on any atom is -0.497 e. The number of nitrogens with zero attached hydrogens (tertiary/aromatic N) is 2. The molecule has 0 saturated carbocycles. The lowest BCUT2D eigenvalue weighted by atomic mass is 10.1. The highest BCUT2D eigenvalue weighted by Gasteiger charge is 2.06. The Morgan fingerprint density at radius 3 is 2.79 bits per heavy atom. The second-order valence-electron chi connectivity index (χ2n) is 6.78. The first-order chi connectivity index (χ1) is 14.1. The van der Waals surface area contributed by atoms with Gasteiger partial charge in [0.2, 0.25) is 5.91 Å². The highest BCUT2D eigenvalue weighted by molar-refractivity contribution is 6.02. The van der Waals surface area contributed by atoms with Crippen molar-refractivity contribution in [1.82, 2.24) is 9.38 Å². The van der Waals surface area contributed by atoms with Crippen molar-refractivity contribution in [2.45, 2.75) is 6.92 Å². The molecule has 0 fully saturated rings. The van der Waals surface area contributed by atoms with Crippen molar-refractivity contribution >= 4 is 23.3 Å². The Hall–Kier alpha value is -3.86. The first-order valence-electron chi connectivity index (χ1n) is 9.30. The fraction of sp³-hybridized carbons (Fsp3) is 0.0833. The normalized spacial score (nSPS) is 11.1. The number of amides is 1. The van der Waals surface area contributed by atoms with Crippen molar-refractivity contribution in [3.8, 4) is 17.0 Å². The number of fused-ring (bicyclic) bond motifs is 1. The van der Waals surface area contributed by atoms with Crippen LogP contribution in [-0.2, 0) is 4.79 Å². The van der Waals surface area contributed by atoms with Crippen LogP contribution in [0.15, 0.2) is 79.1 Å². The summed E-state index contributed by atoms with van der Waals surface area (Å²) < 4.78 is 7.21. The minimum absolute atomic E-state index is 0.199. The highest BCUT2D eigenvalue weighted by atomic mass is 16.5. The van der Waals surface area contributed by atoms with Crippen LogP contribution in [0.3, 0.4) is 0 Å². The maximum atomic E-state index is 12.3. The van der Waals surface area contributed by atoms with Crippen LogP contribution < -0.4 is 10.1 Å². The van der Waals surface area contributed by atoms with Gasteiger partial charge >= 0.3 is 0 Å². The number of aromatic nitrogens is 2. The molecule has 144 valence electrons. The van der Waals surface area contributed by atoms with Gasteiger partial charge in [0, 0.05) is 29.7 Å². The average Bonchev–Trinajstić information content (AvgIpc) is 3.16. The molecule has 2 aromatic carbocycles. The molecule has 0 aliphatic rings. The first-order valence-corrected chi connectivity index (χ1v) is 9.30. The number of ether oxygens (including phenoxy) is 1. The van der Waals surface area contributed by atoms with Crippen molar-refractivity contribution in [2.75, 3.05) is 12.4 Å². The van der Waals surface area contributed by atoms with E-state index in [9.17, 15) is 4.79 Å². The molecule has 4 aromatic rings. The van der Waals surface area contributed by atoms with Crippen molar-refractivity contribution in [2.24, 2.45) is 0 Å². The lowest BCUT2D eigenvalue weighted by Gasteiger charge is -2.04. The fourth-order valence-corrected chi connectivity index (χ4v) is 3.10. The summed E-state index contributed by atoms with van der Waals surface area (Å²) in [7, 11) is 1.62. The van der Waals surface area contributed by atoms with E-state index in [-0.39, 0.29) is 5.91 Å². The molecule has 1 N–H and O–H groups in total. The number of aryl methyl sites for hydroxylation is 1. The Morgan fingerprint density at radius 1 is 1.07 bits per heavy atom. The Kier molecular flexibility index (Phi) is 5.12. The third-order valence-corrected chi connectivity index (χ3v) is 4.55. The molecule has 0 atom stereocenters. The number of rotatable bonds is 5. The fourth-order valence-electron chi connectivity index (χ4n) is 3.10. The molecule has 0 bridgehead atoms. The van der Waals surface area contributed by atoms with Crippen molar-refractivity contribution in [1.29, 1.82) is 0 Å². The SMILES string of the molecule is COc1cccc(/C=C/C(=O)Nc2cccc(-c3cn4cc(C)ccc4n3)c2)c1. The van der Waals surface area contributed by atoms with Gasteiger partial charge < -0.3 is 14.5 Å². The lowest BCUT2D eigenvalue weighted by Crippen LogP contribution is -2.07. The standard InChI is InChI=1S/C24H21N3O2/c1-17-9-11-23-26-22(16-27(23)15-17)19-6-4-7-20(14-19)25-24(28)12-10-18-5-3-8-21(13-18)29-2/h3-16H,1-2H3,(H,25,28)/b12-10+. The zero-order valence-corrected chi connectivity index (χ0v) is 16.3. The van der Waals surface area contributed by atoms with Gasteiger partial charge in [0.15, 0.2) is 0 Å². The summed E-state index contributed by atoms with van der Waals surface area (Å²) in [5.74, 6) is 0.554. The molecule has 2 heterocycles. The van der Waals surface area contributed by atoms with Crippen molar-refractivity contribution < 1.29 is 9.53 Å². The summed E-state index contributed by atoms with van der Waals surface area (Å²) in [5, 5.41) is 2.90. The third-order valence-electron chi connectivity index (χ3n) is 4.55. The van der Waals surface area contributed by atoms with Gasteiger partial charge in [0.05, 0.1) is 12.8 Å². The van der Waals surface area contributed by atoms with Gasteiger partial charge in [-0.3, -0.25) is 4.79 Å². The van der Waals surface area contributed by atoms with Crippen LogP contribution in [0.25, 0.3) is 23.0 Å². The van der Waals surface area contributed by atoms with Crippen LogP contribution in [0.4, 0.5) is 5.69 Å². The minimum atomic E-state index is -0.199. The maximum Gasteiger partial charge on any atom is 0.248 e. The zero-order valence-electron chi connectivity index (χ0n) is 16.3. The number of carbonyl (C=O) groups excluding carboxylic acids is 1. The number of carbonyl (C=O) groups is 1. The van der Waals surface area contributed by atoms with Gasteiger partial charge in [0.1, 0.15) is 11.4 Å². The first kappa shape index (κ1) is 18.5. The molecule has 0 saturated heterocycles. The van der Waals surface area contributed by atoms with Gasteiger partial charge in [-0.15, -0.1) is 0 Å². The molecule has 29 heavy (non-hydrogen) atoms. The number of methoxy groups -OCH3 is 1. The molecule has 5 heteroatoms.